The number of nitrogens with zero attached hydrogens (tertiary/aromatic N) is 1. The molecule has 0 aromatic heterocycles. The summed E-state index contributed by atoms with van der Waals surface area (Å²) in [6, 6.07) is 21.3. The van der Waals surface area contributed by atoms with Crippen molar-refractivity contribution in [2.75, 3.05) is 18.1 Å². The fraction of sp³-hybridized carbons (Fsp3) is 0.294. The Kier molecular flexibility index (Phi) is 3.90. The van der Waals surface area contributed by atoms with Crippen molar-refractivity contribution in [2.45, 2.75) is 18.4 Å². The fourth-order valence-electron chi connectivity index (χ4n) is 3.26. The van der Waals surface area contributed by atoms with E-state index < -0.39 is 0 Å². The Bertz CT molecular complexity index is 545. The van der Waals surface area contributed by atoms with Crippen molar-refractivity contribution >= 4 is 16.2 Å². The molecular weight excluding hydrogens is 262 g/mol. The number of para-hydroxylation sites is 1. The smallest absolute Gasteiger partial charge is 0.246 e. The molecule has 0 saturated carbocycles. The third-order valence-electron chi connectivity index (χ3n) is 4.18. The van der Waals surface area contributed by atoms with Gasteiger partial charge in [-0.15, -0.1) is 0 Å². The van der Waals surface area contributed by atoms with E-state index in [-0.39, 0.29) is 5.54 Å². The standard InChI is InChI=1S/C17H18NOSi/c20-19-14-17(15-8-3-1-4-9-15)12-7-13-18(17)16-10-5-2-6-11-16/h1-6,8-11H,7,12-14H2/t17-/m0/s1. The van der Waals surface area contributed by atoms with E-state index in [4.69, 9.17) is 4.43 Å². The van der Waals surface area contributed by atoms with E-state index >= 15 is 0 Å². The zero-order valence-corrected chi connectivity index (χ0v) is 12.5. The molecule has 1 fully saturated rings. The molecule has 1 atom stereocenters. The highest BCUT2D eigenvalue weighted by Crippen LogP contribution is 2.42. The number of benzene rings is 2. The first-order chi connectivity index (χ1) is 9.87. The summed E-state index contributed by atoms with van der Waals surface area (Å²) in [7, 11) is 3.22. The summed E-state index contributed by atoms with van der Waals surface area (Å²) < 4.78 is 5.40. The van der Waals surface area contributed by atoms with E-state index in [9.17, 15) is 0 Å². The summed E-state index contributed by atoms with van der Waals surface area (Å²) in [6.07, 6.45) is 2.29. The van der Waals surface area contributed by atoms with E-state index in [0.717, 1.165) is 13.0 Å². The van der Waals surface area contributed by atoms with Crippen LogP contribution in [0.1, 0.15) is 18.4 Å². The lowest BCUT2D eigenvalue weighted by molar-refractivity contribution is 0.235. The van der Waals surface area contributed by atoms with Gasteiger partial charge in [-0.25, -0.2) is 0 Å². The minimum atomic E-state index is -0.0790. The van der Waals surface area contributed by atoms with Crippen LogP contribution in [0.2, 0.25) is 0 Å². The molecule has 2 aromatic rings. The summed E-state index contributed by atoms with van der Waals surface area (Å²) in [6.45, 7) is 1.71. The molecular formula is C17H18NOSi. The molecule has 1 aliphatic rings. The molecule has 3 heteroatoms. The largest absolute Gasteiger partial charge is 0.416 e. The first-order valence-corrected chi connectivity index (χ1v) is 7.44. The van der Waals surface area contributed by atoms with Gasteiger partial charge in [-0.1, -0.05) is 48.5 Å². The second kappa shape index (κ2) is 5.81. The molecule has 0 bridgehead atoms. The van der Waals surface area contributed by atoms with E-state index in [2.05, 4.69) is 76.0 Å². The van der Waals surface area contributed by atoms with E-state index in [0.29, 0.717) is 6.61 Å². The van der Waals surface area contributed by atoms with Gasteiger partial charge in [0.05, 0.1) is 12.1 Å². The third-order valence-corrected chi connectivity index (χ3v) is 4.32. The van der Waals surface area contributed by atoms with Gasteiger partial charge >= 0.3 is 0 Å². The maximum atomic E-state index is 5.40. The van der Waals surface area contributed by atoms with Crippen molar-refractivity contribution in [3.63, 3.8) is 0 Å². The van der Waals surface area contributed by atoms with Crippen LogP contribution in [0, 0.1) is 0 Å². The van der Waals surface area contributed by atoms with Crippen LogP contribution < -0.4 is 4.90 Å². The number of anilines is 1. The predicted octanol–water partition coefficient (Wildman–Crippen LogP) is 3.28. The van der Waals surface area contributed by atoms with Crippen molar-refractivity contribution in [3.05, 3.63) is 66.2 Å². The Labute approximate surface area is 123 Å². The van der Waals surface area contributed by atoms with Gasteiger partial charge in [0, 0.05) is 12.2 Å². The zero-order chi connectivity index (χ0) is 13.8. The van der Waals surface area contributed by atoms with Gasteiger partial charge in [0.1, 0.15) is 0 Å². The Hall–Kier alpha value is -1.58. The fourth-order valence-corrected chi connectivity index (χ4v) is 3.50. The van der Waals surface area contributed by atoms with E-state index in [1.165, 1.54) is 17.7 Å². The van der Waals surface area contributed by atoms with Gasteiger partial charge in [-0.05, 0) is 30.5 Å². The van der Waals surface area contributed by atoms with Crippen LogP contribution in [-0.2, 0) is 9.96 Å². The maximum Gasteiger partial charge on any atom is 0.246 e. The lowest BCUT2D eigenvalue weighted by Crippen LogP contribution is -2.45. The molecule has 0 spiro atoms. The van der Waals surface area contributed by atoms with Gasteiger partial charge in [0.2, 0.25) is 10.5 Å². The minimum Gasteiger partial charge on any atom is -0.416 e. The molecule has 2 aromatic carbocycles. The highest BCUT2D eigenvalue weighted by molar-refractivity contribution is 5.98. The SMILES string of the molecule is [Si]OC[C@]1(c2ccccc2)CCCN1c1ccccc1. The summed E-state index contributed by atoms with van der Waals surface area (Å²) in [5.41, 5.74) is 2.50. The molecule has 20 heavy (non-hydrogen) atoms. The molecule has 0 N–H and O–H groups in total. The molecule has 0 aliphatic carbocycles. The summed E-state index contributed by atoms with van der Waals surface area (Å²) in [5, 5.41) is 0. The van der Waals surface area contributed by atoms with E-state index in [1.54, 1.807) is 0 Å². The topological polar surface area (TPSA) is 12.5 Å². The van der Waals surface area contributed by atoms with Gasteiger partial charge in [-0.3, -0.25) is 0 Å². The molecule has 3 radical (unpaired) electrons. The Morgan fingerprint density at radius 3 is 2.30 bits per heavy atom. The second-order valence-corrected chi connectivity index (χ2v) is 5.57. The van der Waals surface area contributed by atoms with Gasteiger partial charge in [0.15, 0.2) is 0 Å². The maximum absolute atomic E-state index is 5.40. The molecule has 1 heterocycles. The predicted molar refractivity (Wildman–Crippen MR) is 82.8 cm³/mol. The van der Waals surface area contributed by atoms with Crippen LogP contribution in [-0.4, -0.2) is 23.6 Å². The molecule has 0 unspecified atom stereocenters. The number of rotatable bonds is 4. The molecule has 101 valence electrons. The van der Waals surface area contributed by atoms with Crippen LogP contribution in [0.25, 0.3) is 0 Å². The average molecular weight is 280 g/mol. The van der Waals surface area contributed by atoms with Crippen LogP contribution in [0.4, 0.5) is 5.69 Å². The highest BCUT2D eigenvalue weighted by atomic mass is 28.2. The van der Waals surface area contributed by atoms with Crippen molar-refractivity contribution in [1.29, 1.82) is 0 Å². The molecule has 0 amide bonds. The molecule has 3 rings (SSSR count). The van der Waals surface area contributed by atoms with Crippen LogP contribution in [0.5, 0.6) is 0 Å². The summed E-state index contributed by atoms with van der Waals surface area (Å²) in [4.78, 5) is 2.47. The van der Waals surface area contributed by atoms with Crippen molar-refractivity contribution in [3.8, 4) is 0 Å². The average Bonchev–Trinajstić information content (AvgIpc) is 2.94. The number of hydrogen-bond donors (Lipinski definition) is 0. The lowest BCUT2D eigenvalue weighted by Gasteiger charge is -2.40. The van der Waals surface area contributed by atoms with Crippen molar-refractivity contribution in [2.24, 2.45) is 0 Å². The van der Waals surface area contributed by atoms with E-state index in [1.807, 2.05) is 0 Å². The molecule has 1 aliphatic heterocycles. The van der Waals surface area contributed by atoms with Crippen LogP contribution in [0.15, 0.2) is 60.7 Å². The van der Waals surface area contributed by atoms with Crippen LogP contribution in [0.3, 0.4) is 0 Å². The molecule has 2 nitrogen and oxygen atoms in total. The normalized spacial score (nSPS) is 22.1. The Morgan fingerprint density at radius 2 is 1.65 bits per heavy atom. The highest BCUT2D eigenvalue weighted by Gasteiger charge is 2.42. The van der Waals surface area contributed by atoms with Crippen LogP contribution >= 0.6 is 0 Å². The molecule has 1 saturated heterocycles. The quantitative estimate of drug-likeness (QED) is 0.797. The monoisotopic (exact) mass is 280 g/mol. The zero-order valence-electron chi connectivity index (χ0n) is 11.5. The van der Waals surface area contributed by atoms with Gasteiger partial charge < -0.3 is 9.33 Å². The summed E-state index contributed by atoms with van der Waals surface area (Å²) in [5.74, 6) is 0. The Morgan fingerprint density at radius 1 is 1.00 bits per heavy atom. The second-order valence-electron chi connectivity index (χ2n) is 5.28. The number of hydrogen-bond acceptors (Lipinski definition) is 2. The lowest BCUT2D eigenvalue weighted by atomic mass is 9.87. The van der Waals surface area contributed by atoms with Crippen molar-refractivity contribution < 1.29 is 4.43 Å². The van der Waals surface area contributed by atoms with Crippen molar-refractivity contribution in [1.82, 2.24) is 0 Å². The van der Waals surface area contributed by atoms with Gasteiger partial charge in [-0.2, -0.15) is 0 Å². The first-order valence-electron chi connectivity index (χ1n) is 7.03. The van der Waals surface area contributed by atoms with Gasteiger partial charge in [0.25, 0.3) is 0 Å². The Balaban J connectivity index is 2.05. The first kappa shape index (κ1) is 13.4. The summed E-state index contributed by atoms with van der Waals surface area (Å²) >= 11 is 0. The third kappa shape index (κ3) is 2.27. The minimum absolute atomic E-state index is 0.0790.